The molecule has 0 spiro atoms. The number of hydrogen-bond donors (Lipinski definition) is 0. The summed E-state index contributed by atoms with van der Waals surface area (Å²) in [7, 11) is 0. The molecule has 7 heteroatoms. The number of nitriles is 1. The molecule has 0 unspecified atom stereocenters. The second kappa shape index (κ2) is 14.3. The van der Waals surface area contributed by atoms with Gasteiger partial charge in [0.15, 0.2) is 11.2 Å². The number of hydrogen-bond acceptors (Lipinski definition) is 4. The molecule has 0 bridgehead atoms. The van der Waals surface area contributed by atoms with Crippen molar-refractivity contribution in [3.05, 3.63) is 211 Å². The van der Waals surface area contributed by atoms with Crippen molar-refractivity contribution in [2.45, 2.75) is 6.92 Å². The summed E-state index contributed by atoms with van der Waals surface area (Å²) in [6, 6.07) is 67.6. The van der Waals surface area contributed by atoms with Gasteiger partial charge in [-0.1, -0.05) is 152 Å². The van der Waals surface area contributed by atoms with E-state index in [0.29, 0.717) is 28.2 Å². The standard InChI is InChI=1S/C63H34N4O2S/c1-35-33-46-38-21-9-13-25-48(38)66(58(46)62-52(35)45-24-11-15-27-50(45)69-62)56-47(34-64)53(36-17-5-3-6-18-36)55(65-2)60(54(56)37-19-7-4-8-20-37)67-57-41(29-31-43-39-22-10-14-26-49(39)68-61(43)57)42-30-32-44-40-23-12-16-28-51(40)70-63(44)59(42)67/h3-33H,1H3. The first-order valence-corrected chi connectivity index (χ1v) is 24.1. The van der Waals surface area contributed by atoms with Crippen molar-refractivity contribution in [3.8, 4) is 39.7 Å². The smallest absolute Gasteiger partial charge is 0.220 e. The molecule has 0 N–H and O–H groups in total. The summed E-state index contributed by atoms with van der Waals surface area (Å²) in [5.74, 6) is 0. The van der Waals surface area contributed by atoms with Crippen LogP contribution in [0.5, 0.6) is 0 Å². The third-order valence-electron chi connectivity index (χ3n) is 14.5. The molecule has 10 aromatic carbocycles. The van der Waals surface area contributed by atoms with Gasteiger partial charge in [0, 0.05) is 69.7 Å². The van der Waals surface area contributed by atoms with Gasteiger partial charge >= 0.3 is 0 Å². The number of fused-ring (bicyclic) bond motifs is 18. The third-order valence-corrected chi connectivity index (χ3v) is 15.7. The first-order valence-electron chi connectivity index (χ1n) is 23.3. The molecule has 0 saturated heterocycles. The Morgan fingerprint density at radius 1 is 0.500 bits per heavy atom. The van der Waals surface area contributed by atoms with E-state index >= 15 is 0 Å². The zero-order chi connectivity index (χ0) is 46.4. The second-order valence-corrected chi connectivity index (χ2v) is 19.1. The van der Waals surface area contributed by atoms with Gasteiger partial charge in [0.1, 0.15) is 17.2 Å². The number of nitrogens with zero attached hydrogens (tertiary/aromatic N) is 4. The van der Waals surface area contributed by atoms with Gasteiger partial charge in [-0.25, -0.2) is 4.85 Å². The molecule has 0 amide bonds. The van der Waals surface area contributed by atoms with Gasteiger partial charge in [0.05, 0.1) is 50.3 Å². The molecule has 70 heavy (non-hydrogen) atoms. The van der Waals surface area contributed by atoms with E-state index in [9.17, 15) is 11.8 Å². The van der Waals surface area contributed by atoms with E-state index in [0.717, 1.165) is 120 Å². The van der Waals surface area contributed by atoms with Crippen molar-refractivity contribution >= 4 is 125 Å². The van der Waals surface area contributed by atoms with Crippen LogP contribution in [0.15, 0.2) is 197 Å². The fourth-order valence-corrected chi connectivity index (χ4v) is 12.9. The summed E-state index contributed by atoms with van der Waals surface area (Å²) >= 11 is 1.76. The summed E-state index contributed by atoms with van der Waals surface area (Å²) in [5.41, 5.74) is 12.7. The van der Waals surface area contributed by atoms with Crippen molar-refractivity contribution in [3.63, 3.8) is 0 Å². The van der Waals surface area contributed by atoms with Crippen molar-refractivity contribution in [2.24, 2.45) is 0 Å². The normalized spacial score (nSPS) is 12.0. The van der Waals surface area contributed by atoms with E-state index in [1.807, 2.05) is 78.9 Å². The maximum atomic E-state index is 12.1. The largest absolute Gasteiger partial charge is 0.454 e. The van der Waals surface area contributed by atoms with Gasteiger partial charge in [-0.2, -0.15) is 5.26 Å². The van der Waals surface area contributed by atoms with Crippen LogP contribution in [0.2, 0.25) is 0 Å². The maximum Gasteiger partial charge on any atom is 0.220 e. The highest BCUT2D eigenvalue weighted by Gasteiger charge is 2.34. The SMILES string of the molecule is [C-]#[N+]c1c(-c2ccccc2)c(C#N)c(-n2c3ccccc3c3cc(C)c4c5ccccc5oc4c32)c(-c2ccccc2)c1-n1c2c(ccc3c4ccccc4oc32)c2ccc3c4ccccc4sc3c21. The van der Waals surface area contributed by atoms with E-state index in [1.165, 1.54) is 10.1 Å². The first kappa shape index (κ1) is 38.7. The molecule has 0 aliphatic heterocycles. The lowest BCUT2D eigenvalue weighted by molar-refractivity contribution is 0.671. The van der Waals surface area contributed by atoms with E-state index < -0.39 is 0 Å². The van der Waals surface area contributed by atoms with Crippen molar-refractivity contribution in [1.29, 1.82) is 5.26 Å². The van der Waals surface area contributed by atoms with Crippen molar-refractivity contribution < 1.29 is 8.83 Å². The van der Waals surface area contributed by atoms with E-state index in [1.54, 1.807) is 11.3 Å². The molecular formula is C63H34N4O2S. The van der Waals surface area contributed by atoms with Crippen LogP contribution in [0.3, 0.4) is 0 Å². The van der Waals surface area contributed by atoms with E-state index in [2.05, 4.69) is 136 Å². The summed E-state index contributed by atoms with van der Waals surface area (Å²) < 4.78 is 20.9. The van der Waals surface area contributed by atoms with Crippen LogP contribution in [0.4, 0.5) is 5.69 Å². The third kappa shape index (κ3) is 5.03. The van der Waals surface area contributed by atoms with Gasteiger partial charge in [-0.05, 0) is 60.0 Å². The minimum absolute atomic E-state index is 0.362. The van der Waals surface area contributed by atoms with Crippen LogP contribution < -0.4 is 0 Å². The lowest BCUT2D eigenvalue weighted by atomic mass is 9.88. The Morgan fingerprint density at radius 3 is 1.81 bits per heavy atom. The predicted molar refractivity (Wildman–Crippen MR) is 289 cm³/mol. The lowest BCUT2D eigenvalue weighted by Crippen LogP contribution is -2.09. The Balaban J connectivity index is 1.27. The molecule has 0 radical (unpaired) electrons. The molecule has 6 nitrogen and oxygen atoms in total. The number of aromatic nitrogens is 2. The van der Waals surface area contributed by atoms with E-state index in [4.69, 9.17) is 8.83 Å². The average molecular weight is 911 g/mol. The number of rotatable bonds is 4. The zero-order valence-electron chi connectivity index (χ0n) is 37.4. The zero-order valence-corrected chi connectivity index (χ0v) is 38.2. The minimum Gasteiger partial charge on any atom is -0.454 e. The number of benzene rings is 10. The van der Waals surface area contributed by atoms with Crippen LogP contribution in [-0.2, 0) is 0 Å². The Labute approximate surface area is 403 Å². The molecule has 0 aliphatic carbocycles. The van der Waals surface area contributed by atoms with E-state index in [-0.39, 0.29) is 0 Å². The van der Waals surface area contributed by atoms with Crippen LogP contribution >= 0.6 is 11.3 Å². The van der Waals surface area contributed by atoms with Gasteiger partial charge in [-0.15, -0.1) is 11.3 Å². The first-order chi connectivity index (χ1) is 34.6. The molecule has 0 saturated carbocycles. The molecule has 15 rings (SSSR count). The number of furan rings is 2. The molecule has 15 aromatic rings. The molecule has 5 heterocycles. The predicted octanol–water partition coefficient (Wildman–Crippen LogP) is 18.1. The molecule has 0 aliphatic rings. The Kier molecular flexibility index (Phi) is 7.91. The molecule has 5 aromatic heterocycles. The summed E-state index contributed by atoms with van der Waals surface area (Å²) in [6.45, 7) is 11.6. The minimum atomic E-state index is 0.362. The number of para-hydroxylation sites is 3. The Bertz CT molecular complexity index is 4730. The fraction of sp³-hybridized carbons (Fsp3) is 0.0159. The number of aryl methyl sites for hydroxylation is 1. The van der Waals surface area contributed by atoms with Crippen LogP contribution in [0, 0.1) is 24.8 Å². The molecular weight excluding hydrogens is 877 g/mol. The maximum absolute atomic E-state index is 12.1. The van der Waals surface area contributed by atoms with Gasteiger partial charge in [-0.3, -0.25) is 0 Å². The Hall–Kier alpha value is -9.40. The molecule has 0 atom stereocenters. The quantitative estimate of drug-likeness (QED) is 0.165. The second-order valence-electron chi connectivity index (χ2n) is 18.1. The monoisotopic (exact) mass is 910 g/mol. The van der Waals surface area contributed by atoms with Crippen LogP contribution in [0.1, 0.15) is 11.1 Å². The van der Waals surface area contributed by atoms with Gasteiger partial charge in [0.2, 0.25) is 5.69 Å². The summed E-state index contributed by atoms with van der Waals surface area (Å²) in [4.78, 5) is 4.62. The average Bonchev–Trinajstić information content (AvgIpc) is 4.23. The highest BCUT2D eigenvalue weighted by Crippen LogP contribution is 2.55. The lowest BCUT2D eigenvalue weighted by Gasteiger charge is -2.26. The molecule has 0 fully saturated rings. The van der Waals surface area contributed by atoms with Crippen LogP contribution in [-0.4, -0.2) is 9.13 Å². The highest BCUT2D eigenvalue weighted by atomic mass is 32.1. The van der Waals surface area contributed by atoms with Crippen molar-refractivity contribution in [1.82, 2.24) is 9.13 Å². The summed E-state index contributed by atoms with van der Waals surface area (Å²) in [6.07, 6.45) is 0. The van der Waals surface area contributed by atoms with Gasteiger partial charge < -0.3 is 18.0 Å². The Morgan fingerprint density at radius 2 is 1.07 bits per heavy atom. The van der Waals surface area contributed by atoms with Gasteiger partial charge in [0.25, 0.3) is 0 Å². The summed E-state index contributed by atoms with van der Waals surface area (Å²) in [5, 5.41) is 22.5. The number of thiophene rings is 1. The van der Waals surface area contributed by atoms with Crippen molar-refractivity contribution in [2.75, 3.05) is 0 Å². The molecule has 324 valence electrons. The topological polar surface area (TPSA) is 64.3 Å². The fourth-order valence-electron chi connectivity index (χ4n) is 11.7. The highest BCUT2D eigenvalue weighted by molar-refractivity contribution is 7.26. The van der Waals surface area contributed by atoms with Crippen LogP contribution in [0.25, 0.3) is 146 Å².